The Bertz CT molecular complexity index is 354. The summed E-state index contributed by atoms with van der Waals surface area (Å²) < 4.78 is 15.1. The van der Waals surface area contributed by atoms with Crippen molar-refractivity contribution in [3.8, 4) is 0 Å². The van der Waals surface area contributed by atoms with Crippen molar-refractivity contribution >= 4 is 0 Å². The van der Waals surface area contributed by atoms with Gasteiger partial charge in [0, 0.05) is 0 Å². The van der Waals surface area contributed by atoms with Gasteiger partial charge in [0.05, 0.1) is 6.61 Å². The molecule has 0 aliphatic carbocycles. The summed E-state index contributed by atoms with van der Waals surface area (Å²) in [5, 5.41) is 66.5. The summed E-state index contributed by atoms with van der Waals surface area (Å²) in [7, 11) is 0. The Morgan fingerprint density at radius 1 is 1.00 bits per heavy atom. The fourth-order valence-corrected chi connectivity index (χ4v) is 2.25. The van der Waals surface area contributed by atoms with E-state index in [0.29, 0.717) is 0 Å². The second-order valence-corrected chi connectivity index (χ2v) is 4.97. The van der Waals surface area contributed by atoms with Gasteiger partial charge in [-0.25, -0.2) is 0 Å². The first-order valence-electron chi connectivity index (χ1n) is 6.32. The van der Waals surface area contributed by atoms with E-state index in [1.54, 1.807) is 0 Å². The van der Waals surface area contributed by atoms with Crippen LogP contribution in [0.3, 0.4) is 0 Å². The van der Waals surface area contributed by atoms with Crippen LogP contribution in [0.5, 0.6) is 0 Å². The van der Waals surface area contributed by atoms with Crippen molar-refractivity contribution in [2.24, 2.45) is 0 Å². The lowest BCUT2D eigenvalue weighted by atomic mass is 10.0. The van der Waals surface area contributed by atoms with Gasteiger partial charge in [-0.15, -0.1) is 0 Å². The molecule has 2 heterocycles. The first-order chi connectivity index (χ1) is 9.86. The van der Waals surface area contributed by atoms with Gasteiger partial charge in [0.1, 0.15) is 49.8 Å². The van der Waals surface area contributed by atoms with Crippen molar-refractivity contribution < 1.29 is 50.0 Å². The van der Waals surface area contributed by atoms with Crippen LogP contribution in [0.4, 0.5) is 0 Å². The van der Waals surface area contributed by atoms with E-state index in [4.69, 9.17) is 19.3 Å². The van der Waals surface area contributed by atoms with E-state index >= 15 is 0 Å². The van der Waals surface area contributed by atoms with Crippen LogP contribution in [0.25, 0.3) is 0 Å². The van der Waals surface area contributed by atoms with Crippen LogP contribution in [0.2, 0.25) is 0 Å². The maximum absolute atomic E-state index is 9.91. The lowest BCUT2D eigenvalue weighted by Gasteiger charge is -2.40. The molecular formula is C11H19O10. The minimum absolute atomic E-state index is 0.634. The third-order valence-electron chi connectivity index (χ3n) is 3.55. The molecular weight excluding hydrogens is 292 g/mol. The molecule has 0 amide bonds. The van der Waals surface area contributed by atoms with E-state index in [1.807, 2.05) is 0 Å². The highest BCUT2D eigenvalue weighted by Crippen LogP contribution is 2.35. The predicted octanol–water partition coefficient (Wildman–Crippen LogP) is -4.59. The number of rotatable bonds is 4. The van der Waals surface area contributed by atoms with Crippen LogP contribution in [0.15, 0.2) is 0 Å². The van der Waals surface area contributed by atoms with Crippen LogP contribution in [0.1, 0.15) is 0 Å². The van der Waals surface area contributed by atoms with Crippen LogP contribution < -0.4 is 0 Å². The van der Waals surface area contributed by atoms with Crippen molar-refractivity contribution in [3.63, 3.8) is 0 Å². The monoisotopic (exact) mass is 311 g/mol. The predicted molar refractivity (Wildman–Crippen MR) is 62.1 cm³/mol. The smallest absolute Gasteiger partial charge is 0.224 e. The standard InChI is InChI=1S/C11H19O10/c12-1-5-7(16)9(18)11(3-13,20-5)21-10-8(17)6(15)4(14)2-19-10/h2,4-10,12-18H,1,3H2/t4-,5-,6+,7-,8-,9+,10-,11+/m1/s1. The molecule has 0 aromatic heterocycles. The Morgan fingerprint density at radius 2 is 1.67 bits per heavy atom. The largest absolute Gasteiger partial charge is 0.394 e. The van der Waals surface area contributed by atoms with Gasteiger partial charge in [-0.2, -0.15) is 0 Å². The van der Waals surface area contributed by atoms with Crippen molar-refractivity contribution in [2.45, 2.75) is 48.7 Å². The van der Waals surface area contributed by atoms with Gasteiger partial charge in [-0.05, 0) is 0 Å². The molecule has 7 N–H and O–H groups in total. The summed E-state index contributed by atoms with van der Waals surface area (Å²) in [6, 6.07) is 0. The fourth-order valence-electron chi connectivity index (χ4n) is 2.25. The Morgan fingerprint density at radius 3 is 2.19 bits per heavy atom. The zero-order chi connectivity index (χ0) is 15.8. The van der Waals surface area contributed by atoms with E-state index in [9.17, 15) is 30.6 Å². The zero-order valence-electron chi connectivity index (χ0n) is 10.9. The van der Waals surface area contributed by atoms with Crippen molar-refractivity contribution in [1.82, 2.24) is 0 Å². The summed E-state index contributed by atoms with van der Waals surface area (Å²) in [6.07, 6.45) is -10.7. The molecule has 0 saturated carbocycles. The average Bonchev–Trinajstić information content (AvgIpc) is 2.73. The van der Waals surface area contributed by atoms with Crippen LogP contribution >= 0.6 is 0 Å². The fraction of sp³-hybridized carbons (Fsp3) is 0.909. The van der Waals surface area contributed by atoms with E-state index in [1.165, 1.54) is 0 Å². The molecule has 2 aliphatic heterocycles. The maximum atomic E-state index is 9.91. The molecule has 10 heteroatoms. The van der Waals surface area contributed by atoms with Gasteiger partial charge < -0.3 is 50.0 Å². The van der Waals surface area contributed by atoms with Gasteiger partial charge >= 0.3 is 0 Å². The first-order valence-corrected chi connectivity index (χ1v) is 6.32. The molecule has 0 unspecified atom stereocenters. The highest BCUT2D eigenvalue weighted by molar-refractivity contribution is 4.98. The average molecular weight is 311 g/mol. The van der Waals surface area contributed by atoms with Gasteiger partial charge in [0.15, 0.2) is 6.29 Å². The zero-order valence-corrected chi connectivity index (χ0v) is 10.9. The van der Waals surface area contributed by atoms with Gasteiger partial charge in [-0.1, -0.05) is 0 Å². The molecule has 2 saturated heterocycles. The Labute approximate surface area is 119 Å². The second kappa shape index (κ2) is 6.38. The summed E-state index contributed by atoms with van der Waals surface area (Å²) in [5.41, 5.74) is 0. The topological polar surface area (TPSA) is 169 Å². The first kappa shape index (κ1) is 17.0. The highest BCUT2D eigenvalue weighted by atomic mass is 16.8. The lowest BCUT2D eigenvalue weighted by Crippen LogP contribution is -2.58. The molecule has 123 valence electrons. The third-order valence-corrected chi connectivity index (χ3v) is 3.55. The Hall–Kier alpha value is -0.400. The van der Waals surface area contributed by atoms with Crippen molar-refractivity contribution in [3.05, 3.63) is 6.61 Å². The summed E-state index contributed by atoms with van der Waals surface area (Å²) >= 11 is 0. The molecule has 0 spiro atoms. The summed E-state index contributed by atoms with van der Waals surface area (Å²) in [6.45, 7) is -0.730. The number of hydrogen-bond donors (Lipinski definition) is 7. The molecule has 2 aliphatic rings. The normalized spacial score (nSPS) is 51.3. The molecule has 0 aromatic rings. The highest BCUT2D eigenvalue weighted by Gasteiger charge is 2.57. The SMILES string of the molecule is OC[C@H]1O[C@@](CO)(O[C@H]2O[CH][C@@H](O)[C@H](O)[C@H]2O)[C@@H](O)[C@@H]1O. The molecule has 2 fully saturated rings. The van der Waals surface area contributed by atoms with Gasteiger partial charge in [-0.3, -0.25) is 0 Å². The van der Waals surface area contributed by atoms with E-state index in [2.05, 4.69) is 0 Å². The molecule has 21 heavy (non-hydrogen) atoms. The van der Waals surface area contributed by atoms with E-state index in [0.717, 1.165) is 6.61 Å². The maximum Gasteiger partial charge on any atom is 0.224 e. The van der Waals surface area contributed by atoms with Crippen LogP contribution in [-0.4, -0.2) is 97.7 Å². The summed E-state index contributed by atoms with van der Waals surface area (Å²) in [5.74, 6) is -2.14. The van der Waals surface area contributed by atoms with Crippen molar-refractivity contribution in [1.29, 1.82) is 0 Å². The molecule has 8 atom stereocenters. The molecule has 0 bridgehead atoms. The molecule has 1 radical (unpaired) electrons. The van der Waals surface area contributed by atoms with Gasteiger partial charge in [0.2, 0.25) is 5.79 Å². The van der Waals surface area contributed by atoms with Crippen LogP contribution in [-0.2, 0) is 14.2 Å². The van der Waals surface area contributed by atoms with Crippen molar-refractivity contribution in [2.75, 3.05) is 13.2 Å². The summed E-state index contributed by atoms with van der Waals surface area (Å²) in [4.78, 5) is 0. The minimum Gasteiger partial charge on any atom is -0.394 e. The second-order valence-electron chi connectivity index (χ2n) is 4.97. The minimum atomic E-state index is -2.14. The number of aliphatic hydroxyl groups excluding tert-OH is 7. The third kappa shape index (κ3) is 2.92. The van der Waals surface area contributed by atoms with E-state index < -0.39 is 61.9 Å². The number of ether oxygens (including phenoxy) is 3. The van der Waals surface area contributed by atoms with Crippen LogP contribution in [0, 0.1) is 6.61 Å². The molecule has 0 aromatic carbocycles. The number of hydrogen-bond acceptors (Lipinski definition) is 10. The molecule has 10 nitrogen and oxygen atoms in total. The lowest BCUT2D eigenvalue weighted by molar-refractivity contribution is -0.362. The van der Waals surface area contributed by atoms with Gasteiger partial charge in [0.25, 0.3) is 0 Å². The quantitative estimate of drug-likeness (QED) is 0.268. The Kier molecular flexibility index (Phi) is 5.15. The molecule has 2 rings (SSSR count). The van der Waals surface area contributed by atoms with E-state index in [-0.39, 0.29) is 0 Å². The number of aliphatic hydroxyl groups is 7. The Balaban J connectivity index is 2.12.